The van der Waals surface area contributed by atoms with Crippen LogP contribution in [0.15, 0.2) is 12.3 Å². The van der Waals surface area contributed by atoms with Crippen LogP contribution in [0.25, 0.3) is 11.2 Å². The predicted molar refractivity (Wildman–Crippen MR) is 83.2 cm³/mol. The number of nitrogens with zero attached hydrogens (tertiary/aromatic N) is 3. The van der Waals surface area contributed by atoms with Crippen molar-refractivity contribution < 1.29 is 0 Å². The molecule has 2 aromatic heterocycles. The molecule has 0 bridgehead atoms. The standard InChI is InChI=1S/C16H22ClN3/c1-10-6-8-18-15-13(10)19-14(11(2)17)20(15)12-5-7-16(3,4)9-12/h6,8,11-12H,5,7,9H2,1-4H3. The van der Waals surface area contributed by atoms with Gasteiger partial charge in [0.25, 0.3) is 0 Å². The number of aromatic nitrogens is 3. The monoisotopic (exact) mass is 291 g/mol. The highest BCUT2D eigenvalue weighted by Gasteiger charge is 2.34. The molecule has 108 valence electrons. The van der Waals surface area contributed by atoms with Gasteiger partial charge in [0.2, 0.25) is 0 Å². The second-order valence-electron chi connectivity index (χ2n) is 6.82. The van der Waals surface area contributed by atoms with Gasteiger partial charge in [0.1, 0.15) is 11.3 Å². The van der Waals surface area contributed by atoms with Gasteiger partial charge in [-0.2, -0.15) is 0 Å². The van der Waals surface area contributed by atoms with Crippen LogP contribution in [0.2, 0.25) is 0 Å². The van der Waals surface area contributed by atoms with Crippen molar-refractivity contribution in [2.75, 3.05) is 0 Å². The van der Waals surface area contributed by atoms with E-state index in [1.807, 2.05) is 19.2 Å². The quantitative estimate of drug-likeness (QED) is 0.745. The van der Waals surface area contributed by atoms with Crippen LogP contribution in [0.3, 0.4) is 0 Å². The van der Waals surface area contributed by atoms with Gasteiger partial charge >= 0.3 is 0 Å². The first-order chi connectivity index (χ1) is 9.39. The molecule has 0 aliphatic heterocycles. The van der Waals surface area contributed by atoms with E-state index in [2.05, 4.69) is 30.3 Å². The highest BCUT2D eigenvalue weighted by Crippen LogP contribution is 2.45. The van der Waals surface area contributed by atoms with E-state index in [4.69, 9.17) is 16.6 Å². The number of pyridine rings is 1. The van der Waals surface area contributed by atoms with E-state index in [-0.39, 0.29) is 5.38 Å². The smallest absolute Gasteiger partial charge is 0.160 e. The van der Waals surface area contributed by atoms with E-state index in [1.165, 1.54) is 24.8 Å². The fourth-order valence-electron chi connectivity index (χ4n) is 3.39. The minimum atomic E-state index is -0.0905. The van der Waals surface area contributed by atoms with Crippen molar-refractivity contribution in [1.82, 2.24) is 14.5 Å². The van der Waals surface area contributed by atoms with E-state index < -0.39 is 0 Å². The number of fused-ring (bicyclic) bond motifs is 1. The van der Waals surface area contributed by atoms with Crippen molar-refractivity contribution >= 4 is 22.8 Å². The highest BCUT2D eigenvalue weighted by molar-refractivity contribution is 6.20. The molecule has 0 aromatic carbocycles. The van der Waals surface area contributed by atoms with Crippen molar-refractivity contribution in [2.45, 2.75) is 58.4 Å². The largest absolute Gasteiger partial charge is 0.308 e. The van der Waals surface area contributed by atoms with Crippen molar-refractivity contribution in [3.05, 3.63) is 23.7 Å². The van der Waals surface area contributed by atoms with Gasteiger partial charge in [-0.15, -0.1) is 11.6 Å². The lowest BCUT2D eigenvalue weighted by atomic mass is 9.92. The van der Waals surface area contributed by atoms with Gasteiger partial charge in [-0.05, 0) is 50.2 Å². The molecule has 1 aliphatic carbocycles. The minimum absolute atomic E-state index is 0.0905. The highest BCUT2D eigenvalue weighted by atomic mass is 35.5. The summed E-state index contributed by atoms with van der Waals surface area (Å²) in [5.74, 6) is 0.964. The Labute approximate surface area is 125 Å². The summed E-state index contributed by atoms with van der Waals surface area (Å²) >= 11 is 6.37. The number of aryl methyl sites for hydroxylation is 1. The van der Waals surface area contributed by atoms with E-state index in [0.29, 0.717) is 11.5 Å². The van der Waals surface area contributed by atoms with Crippen LogP contribution in [0, 0.1) is 12.3 Å². The van der Waals surface area contributed by atoms with Crippen LogP contribution >= 0.6 is 11.6 Å². The predicted octanol–water partition coefficient (Wildman–Crippen LogP) is 4.79. The van der Waals surface area contributed by atoms with Crippen molar-refractivity contribution in [3.63, 3.8) is 0 Å². The molecule has 1 fully saturated rings. The maximum Gasteiger partial charge on any atom is 0.160 e. The Morgan fingerprint density at radius 1 is 1.45 bits per heavy atom. The van der Waals surface area contributed by atoms with Crippen molar-refractivity contribution in [1.29, 1.82) is 0 Å². The minimum Gasteiger partial charge on any atom is -0.308 e. The number of imidazole rings is 1. The Hall–Kier alpha value is -1.09. The second-order valence-corrected chi connectivity index (χ2v) is 7.47. The van der Waals surface area contributed by atoms with Crippen LogP contribution in [-0.2, 0) is 0 Å². The van der Waals surface area contributed by atoms with E-state index in [9.17, 15) is 0 Å². The third-order valence-corrected chi connectivity index (χ3v) is 4.67. The van der Waals surface area contributed by atoms with Crippen LogP contribution in [-0.4, -0.2) is 14.5 Å². The number of halogens is 1. The molecule has 3 nitrogen and oxygen atoms in total. The summed E-state index contributed by atoms with van der Waals surface area (Å²) in [4.78, 5) is 9.35. The summed E-state index contributed by atoms with van der Waals surface area (Å²) in [6, 6.07) is 2.49. The van der Waals surface area contributed by atoms with Gasteiger partial charge in [-0.3, -0.25) is 0 Å². The second kappa shape index (κ2) is 4.73. The van der Waals surface area contributed by atoms with Crippen LogP contribution in [0.5, 0.6) is 0 Å². The zero-order valence-corrected chi connectivity index (χ0v) is 13.4. The molecule has 0 amide bonds. The number of rotatable bonds is 2. The molecule has 2 heterocycles. The first-order valence-electron chi connectivity index (χ1n) is 7.36. The number of alkyl halides is 1. The van der Waals surface area contributed by atoms with Gasteiger partial charge in [0.05, 0.1) is 5.38 Å². The van der Waals surface area contributed by atoms with E-state index >= 15 is 0 Å². The lowest BCUT2D eigenvalue weighted by molar-refractivity contribution is 0.358. The van der Waals surface area contributed by atoms with E-state index in [0.717, 1.165) is 17.0 Å². The Morgan fingerprint density at radius 2 is 2.20 bits per heavy atom. The average Bonchev–Trinajstić information content (AvgIpc) is 2.90. The molecule has 0 N–H and O–H groups in total. The lowest BCUT2D eigenvalue weighted by Crippen LogP contribution is -2.13. The summed E-state index contributed by atoms with van der Waals surface area (Å²) in [5.41, 5.74) is 3.57. The van der Waals surface area contributed by atoms with Gasteiger partial charge in [0.15, 0.2) is 5.65 Å². The van der Waals surface area contributed by atoms with Gasteiger partial charge in [-0.25, -0.2) is 9.97 Å². The first-order valence-corrected chi connectivity index (χ1v) is 7.80. The molecule has 2 unspecified atom stereocenters. The molecule has 1 saturated carbocycles. The maximum absolute atomic E-state index is 6.37. The third kappa shape index (κ3) is 2.22. The molecule has 20 heavy (non-hydrogen) atoms. The zero-order chi connectivity index (χ0) is 14.5. The summed E-state index contributed by atoms with van der Waals surface area (Å²) < 4.78 is 2.30. The number of hydrogen-bond donors (Lipinski definition) is 0. The Kier molecular flexibility index (Phi) is 3.28. The molecule has 0 saturated heterocycles. The molecule has 3 rings (SSSR count). The Bertz CT molecular complexity index is 642. The third-order valence-electron chi connectivity index (χ3n) is 4.47. The molecular formula is C16H22ClN3. The number of hydrogen-bond acceptors (Lipinski definition) is 2. The normalized spacial score (nSPS) is 23.4. The Balaban J connectivity index is 2.18. The summed E-state index contributed by atoms with van der Waals surface area (Å²) in [7, 11) is 0. The van der Waals surface area contributed by atoms with Gasteiger partial charge in [0, 0.05) is 12.2 Å². The summed E-state index contributed by atoms with van der Waals surface area (Å²) in [6.07, 6.45) is 5.48. The molecule has 2 atom stereocenters. The van der Waals surface area contributed by atoms with Crippen molar-refractivity contribution in [3.8, 4) is 0 Å². The van der Waals surface area contributed by atoms with Gasteiger partial charge < -0.3 is 4.57 Å². The van der Waals surface area contributed by atoms with Crippen molar-refractivity contribution in [2.24, 2.45) is 5.41 Å². The maximum atomic E-state index is 6.37. The Morgan fingerprint density at radius 3 is 2.80 bits per heavy atom. The van der Waals surface area contributed by atoms with E-state index in [1.54, 1.807) is 0 Å². The zero-order valence-electron chi connectivity index (χ0n) is 12.7. The van der Waals surface area contributed by atoms with Crippen LogP contribution < -0.4 is 0 Å². The average molecular weight is 292 g/mol. The molecule has 4 heteroatoms. The topological polar surface area (TPSA) is 30.7 Å². The lowest BCUT2D eigenvalue weighted by Gasteiger charge is -2.20. The molecule has 0 spiro atoms. The van der Waals surface area contributed by atoms with Gasteiger partial charge in [-0.1, -0.05) is 13.8 Å². The molecule has 2 aromatic rings. The SMILES string of the molecule is Cc1ccnc2c1nc(C(C)Cl)n2C1CCC(C)(C)C1. The first kappa shape index (κ1) is 13.9. The summed E-state index contributed by atoms with van der Waals surface area (Å²) in [6.45, 7) is 8.76. The fraction of sp³-hybridized carbons (Fsp3) is 0.625. The molecule has 1 aliphatic rings. The fourth-order valence-corrected chi connectivity index (χ4v) is 3.54. The summed E-state index contributed by atoms with van der Waals surface area (Å²) in [5, 5.41) is -0.0905. The molecular weight excluding hydrogens is 270 g/mol. The molecule has 0 radical (unpaired) electrons. The van der Waals surface area contributed by atoms with Crippen LogP contribution in [0.4, 0.5) is 0 Å². The van der Waals surface area contributed by atoms with Crippen LogP contribution in [0.1, 0.15) is 62.8 Å².